The number of thiocarbonyl (C=S) groups is 1. The number of carbonyl (C=O) groups excluding carboxylic acids is 1. The van der Waals surface area contributed by atoms with Gasteiger partial charge in [-0.2, -0.15) is 0 Å². The Morgan fingerprint density at radius 2 is 1.89 bits per heavy atom. The minimum absolute atomic E-state index is 0.0336. The highest BCUT2D eigenvalue weighted by Gasteiger charge is 2.40. The number of nitro benzene ring substituents is 1. The van der Waals surface area contributed by atoms with Crippen molar-refractivity contribution in [3.8, 4) is 11.5 Å². The van der Waals surface area contributed by atoms with Crippen LogP contribution in [0, 0.1) is 13.7 Å². The Morgan fingerprint density at radius 3 is 2.51 bits per heavy atom. The van der Waals surface area contributed by atoms with Crippen LogP contribution in [-0.2, 0) is 11.4 Å². The van der Waals surface area contributed by atoms with Crippen molar-refractivity contribution >= 4 is 57.6 Å². The highest BCUT2D eigenvalue weighted by molar-refractivity contribution is 14.1. The first-order valence-corrected chi connectivity index (χ1v) is 12.9. The quantitative estimate of drug-likeness (QED) is 0.135. The average Bonchev–Trinajstić information content (AvgIpc) is 3.06. The topological polar surface area (TPSA) is 85.2 Å². The van der Waals surface area contributed by atoms with Gasteiger partial charge in [-0.15, -0.1) is 0 Å². The summed E-state index contributed by atoms with van der Waals surface area (Å²) in [6.45, 7) is 0.233. The van der Waals surface area contributed by atoms with Crippen molar-refractivity contribution < 1.29 is 19.2 Å². The number of rotatable bonds is 7. The van der Waals surface area contributed by atoms with Gasteiger partial charge in [-0.3, -0.25) is 19.8 Å². The molecule has 35 heavy (non-hydrogen) atoms. The molecule has 1 amide bonds. The highest BCUT2D eigenvalue weighted by atomic mass is 127. The lowest BCUT2D eigenvalue weighted by atomic mass is 9.94. The molecule has 1 heterocycles. The van der Waals surface area contributed by atoms with Crippen molar-refractivity contribution in [2.45, 2.75) is 44.8 Å². The van der Waals surface area contributed by atoms with Crippen LogP contribution in [0.3, 0.4) is 0 Å². The predicted molar refractivity (Wildman–Crippen MR) is 145 cm³/mol. The SMILES string of the molecule is COc1cc(/C=C2/C(=O)N(C3CCCCC3)C(=S)N2C)cc(I)c1OCc1ccc([N+](=O)[O-])cc1. The summed E-state index contributed by atoms with van der Waals surface area (Å²) >= 11 is 7.79. The van der Waals surface area contributed by atoms with Gasteiger partial charge in [-0.1, -0.05) is 19.3 Å². The number of hydrogen-bond acceptors (Lipinski definition) is 6. The van der Waals surface area contributed by atoms with Crippen LogP contribution in [0.5, 0.6) is 11.5 Å². The number of carbonyl (C=O) groups is 1. The maximum absolute atomic E-state index is 13.3. The zero-order chi connectivity index (χ0) is 25.1. The van der Waals surface area contributed by atoms with Gasteiger partial charge in [0.25, 0.3) is 11.6 Å². The second kappa shape index (κ2) is 10.9. The molecule has 2 aromatic rings. The predicted octanol–water partition coefficient (Wildman–Crippen LogP) is 5.52. The van der Waals surface area contributed by atoms with Crippen LogP contribution in [-0.4, -0.2) is 45.9 Å². The smallest absolute Gasteiger partial charge is 0.277 e. The third kappa shape index (κ3) is 5.43. The van der Waals surface area contributed by atoms with Crippen LogP contribution in [0.4, 0.5) is 5.69 Å². The summed E-state index contributed by atoms with van der Waals surface area (Å²) in [6.07, 6.45) is 7.26. The average molecular weight is 607 g/mol. The molecule has 1 aliphatic carbocycles. The number of nitro groups is 1. The summed E-state index contributed by atoms with van der Waals surface area (Å²) in [4.78, 5) is 27.3. The van der Waals surface area contributed by atoms with Gasteiger partial charge in [0.05, 0.1) is 15.6 Å². The number of methoxy groups -OCH3 is 1. The van der Waals surface area contributed by atoms with Crippen LogP contribution >= 0.6 is 34.8 Å². The van der Waals surface area contributed by atoms with Gasteiger partial charge >= 0.3 is 0 Å². The van der Waals surface area contributed by atoms with E-state index in [0.29, 0.717) is 22.3 Å². The van der Waals surface area contributed by atoms with Gasteiger partial charge < -0.3 is 14.4 Å². The molecule has 0 radical (unpaired) electrons. The molecule has 184 valence electrons. The van der Waals surface area contributed by atoms with E-state index in [-0.39, 0.29) is 24.2 Å². The minimum Gasteiger partial charge on any atom is -0.493 e. The van der Waals surface area contributed by atoms with Crippen LogP contribution in [0.25, 0.3) is 6.08 Å². The first-order chi connectivity index (χ1) is 16.8. The summed E-state index contributed by atoms with van der Waals surface area (Å²) < 4.78 is 12.4. The molecule has 0 N–H and O–H groups in total. The number of ether oxygens (including phenoxy) is 2. The lowest BCUT2D eigenvalue weighted by Crippen LogP contribution is -2.41. The molecule has 4 rings (SSSR count). The summed E-state index contributed by atoms with van der Waals surface area (Å²) in [7, 11) is 3.40. The molecule has 1 saturated heterocycles. The Morgan fingerprint density at radius 1 is 1.20 bits per heavy atom. The van der Waals surface area contributed by atoms with E-state index >= 15 is 0 Å². The zero-order valence-electron chi connectivity index (χ0n) is 19.5. The van der Waals surface area contributed by atoms with Gasteiger partial charge in [0.2, 0.25) is 0 Å². The van der Waals surface area contributed by atoms with Gasteiger partial charge in [-0.25, -0.2) is 0 Å². The Bertz CT molecular complexity index is 1180. The van der Waals surface area contributed by atoms with E-state index in [1.165, 1.54) is 18.6 Å². The number of halogens is 1. The fraction of sp³-hybridized carbons (Fsp3) is 0.360. The number of hydrogen-bond donors (Lipinski definition) is 0. The zero-order valence-corrected chi connectivity index (χ0v) is 22.5. The van der Waals surface area contributed by atoms with Gasteiger partial charge in [-0.05, 0) is 89.1 Å². The first-order valence-electron chi connectivity index (χ1n) is 11.4. The van der Waals surface area contributed by atoms with E-state index in [2.05, 4.69) is 22.6 Å². The number of benzene rings is 2. The van der Waals surface area contributed by atoms with E-state index in [0.717, 1.165) is 40.4 Å². The van der Waals surface area contributed by atoms with E-state index in [1.807, 2.05) is 25.3 Å². The Balaban J connectivity index is 1.55. The van der Waals surface area contributed by atoms with Gasteiger partial charge in [0.1, 0.15) is 12.3 Å². The summed E-state index contributed by atoms with van der Waals surface area (Å²) in [5.74, 6) is 1.04. The lowest BCUT2D eigenvalue weighted by Gasteiger charge is -2.30. The summed E-state index contributed by atoms with van der Waals surface area (Å²) in [5, 5.41) is 11.4. The molecule has 0 bridgehead atoms. The number of amides is 1. The molecule has 10 heteroatoms. The van der Waals surface area contributed by atoms with E-state index in [9.17, 15) is 14.9 Å². The molecule has 0 aromatic heterocycles. The number of non-ortho nitro benzene ring substituents is 1. The molecule has 1 saturated carbocycles. The molecule has 2 fully saturated rings. The molecule has 0 atom stereocenters. The maximum Gasteiger partial charge on any atom is 0.277 e. The second-order valence-corrected chi connectivity index (χ2v) is 10.1. The maximum atomic E-state index is 13.3. The largest absolute Gasteiger partial charge is 0.493 e. The first kappa shape index (κ1) is 25.4. The second-order valence-electron chi connectivity index (χ2n) is 8.58. The third-order valence-corrected chi connectivity index (χ3v) is 7.59. The normalized spacial score (nSPS) is 17.9. The number of nitrogens with zero attached hydrogens (tertiary/aromatic N) is 3. The van der Waals surface area contributed by atoms with Gasteiger partial charge in [0, 0.05) is 25.2 Å². The Labute approximate surface area is 223 Å². The molecule has 1 aliphatic heterocycles. The highest BCUT2D eigenvalue weighted by Crippen LogP contribution is 2.36. The molecular formula is C25H26IN3O5S. The van der Waals surface area contributed by atoms with E-state index in [1.54, 1.807) is 29.0 Å². The van der Waals surface area contributed by atoms with Crippen LogP contribution in [0.1, 0.15) is 43.2 Å². The van der Waals surface area contributed by atoms with Crippen molar-refractivity contribution in [1.29, 1.82) is 0 Å². The lowest BCUT2D eigenvalue weighted by molar-refractivity contribution is -0.384. The van der Waals surface area contributed by atoms with Crippen molar-refractivity contribution in [3.05, 3.63) is 66.9 Å². The summed E-state index contributed by atoms with van der Waals surface area (Å²) in [5.41, 5.74) is 2.18. The van der Waals surface area contributed by atoms with Crippen LogP contribution < -0.4 is 9.47 Å². The van der Waals surface area contributed by atoms with Crippen LogP contribution in [0.2, 0.25) is 0 Å². The fourth-order valence-corrected chi connectivity index (χ4v) is 5.54. The van der Waals surface area contributed by atoms with Crippen molar-refractivity contribution in [2.75, 3.05) is 14.2 Å². The molecule has 0 spiro atoms. The van der Waals surface area contributed by atoms with Crippen molar-refractivity contribution in [2.24, 2.45) is 0 Å². The van der Waals surface area contributed by atoms with E-state index < -0.39 is 4.92 Å². The minimum atomic E-state index is -0.433. The van der Waals surface area contributed by atoms with Crippen LogP contribution in [0.15, 0.2) is 42.1 Å². The molecular weight excluding hydrogens is 581 g/mol. The third-order valence-electron chi connectivity index (χ3n) is 6.32. The van der Waals surface area contributed by atoms with E-state index in [4.69, 9.17) is 21.7 Å². The molecule has 2 aromatic carbocycles. The fourth-order valence-electron chi connectivity index (χ4n) is 4.43. The Kier molecular flexibility index (Phi) is 7.90. The summed E-state index contributed by atoms with van der Waals surface area (Å²) in [6, 6.07) is 10.2. The molecule has 8 nitrogen and oxygen atoms in total. The number of likely N-dealkylation sites (N-methyl/N-ethyl adjacent to an activating group) is 1. The Hall–Kier alpha value is -2.73. The molecule has 2 aliphatic rings. The van der Waals surface area contributed by atoms with Crippen molar-refractivity contribution in [1.82, 2.24) is 9.80 Å². The molecule has 0 unspecified atom stereocenters. The standard InChI is InChI=1S/C25H26IN3O5S/c1-27-21(24(30)28(25(27)35)18-6-4-3-5-7-18)13-17-12-20(26)23(22(14-17)33-2)34-15-16-8-10-19(11-9-16)29(31)32/h8-14,18H,3-7,15H2,1-2H3/b21-13-. The van der Waals surface area contributed by atoms with Crippen molar-refractivity contribution in [3.63, 3.8) is 0 Å². The van der Waals surface area contributed by atoms with Gasteiger partial charge in [0.15, 0.2) is 16.6 Å². The monoisotopic (exact) mass is 607 g/mol.